The minimum absolute atomic E-state index is 0.814. The minimum atomic E-state index is 0.814. The number of hydrogen-bond acceptors (Lipinski definition) is 2. The van der Waals surface area contributed by atoms with Crippen LogP contribution in [0.4, 0.5) is 5.69 Å². The molecule has 0 aliphatic heterocycles. The van der Waals surface area contributed by atoms with Crippen molar-refractivity contribution in [2.75, 3.05) is 5.73 Å². The Labute approximate surface area is 109 Å². The van der Waals surface area contributed by atoms with Crippen LogP contribution in [0, 0.1) is 0 Å². The fraction of sp³-hybridized carbons (Fsp3) is 0.250. The van der Waals surface area contributed by atoms with Crippen LogP contribution in [-0.4, -0.2) is 0 Å². The summed E-state index contributed by atoms with van der Waals surface area (Å²) in [6.45, 7) is 3.94. The molecule has 0 bridgehead atoms. The van der Waals surface area contributed by atoms with E-state index in [1.165, 1.54) is 16.7 Å². The summed E-state index contributed by atoms with van der Waals surface area (Å²) in [6.07, 6.45) is 1.10. The van der Waals surface area contributed by atoms with E-state index in [9.17, 15) is 0 Å². The van der Waals surface area contributed by atoms with Crippen LogP contribution >= 0.6 is 0 Å². The molecule has 0 radical (unpaired) electrons. The Morgan fingerprint density at radius 3 is 1.72 bits per heavy atom. The molecule has 0 unspecified atom stereocenters. The summed E-state index contributed by atoms with van der Waals surface area (Å²) in [5.41, 5.74) is 10.4. The van der Waals surface area contributed by atoms with E-state index in [0.717, 1.165) is 25.2 Å². The molecular weight excluding hydrogens is 220 g/mol. The fourth-order valence-corrected chi connectivity index (χ4v) is 1.88. The molecule has 3 N–H and O–H groups in total. The van der Waals surface area contributed by atoms with E-state index in [4.69, 9.17) is 5.73 Å². The van der Waals surface area contributed by atoms with E-state index in [1.807, 2.05) is 12.1 Å². The summed E-state index contributed by atoms with van der Waals surface area (Å²) in [5.74, 6) is 0. The van der Waals surface area contributed by atoms with Crippen molar-refractivity contribution in [2.45, 2.75) is 26.4 Å². The molecule has 0 spiro atoms. The van der Waals surface area contributed by atoms with E-state index >= 15 is 0 Å². The molecule has 0 atom stereocenters. The Hall–Kier alpha value is -1.80. The lowest BCUT2D eigenvalue weighted by Crippen LogP contribution is -2.12. The van der Waals surface area contributed by atoms with Gasteiger partial charge in [-0.3, -0.25) is 0 Å². The molecule has 0 heterocycles. The van der Waals surface area contributed by atoms with E-state index in [-0.39, 0.29) is 0 Å². The monoisotopic (exact) mass is 240 g/mol. The van der Waals surface area contributed by atoms with Crippen LogP contribution in [0.15, 0.2) is 48.5 Å². The number of nitrogen functional groups attached to an aromatic ring is 1. The molecule has 0 amide bonds. The highest BCUT2D eigenvalue weighted by Crippen LogP contribution is 2.07. The second-order valence-electron chi connectivity index (χ2n) is 4.52. The van der Waals surface area contributed by atoms with E-state index in [2.05, 4.69) is 48.6 Å². The van der Waals surface area contributed by atoms with Gasteiger partial charge in [-0.1, -0.05) is 43.3 Å². The lowest BCUT2D eigenvalue weighted by molar-refractivity contribution is 0.693. The van der Waals surface area contributed by atoms with Crippen LogP contribution in [0.2, 0.25) is 0 Å². The maximum Gasteiger partial charge on any atom is 0.0314 e. The van der Waals surface area contributed by atoms with Crippen LogP contribution in [-0.2, 0) is 19.5 Å². The number of benzene rings is 2. The molecule has 2 nitrogen and oxygen atoms in total. The number of anilines is 1. The van der Waals surface area contributed by atoms with Crippen molar-refractivity contribution >= 4 is 5.69 Å². The summed E-state index contributed by atoms with van der Waals surface area (Å²) in [4.78, 5) is 0. The van der Waals surface area contributed by atoms with Crippen molar-refractivity contribution in [2.24, 2.45) is 0 Å². The molecule has 2 rings (SSSR count). The first-order valence-corrected chi connectivity index (χ1v) is 6.41. The maximum atomic E-state index is 5.65. The van der Waals surface area contributed by atoms with Crippen LogP contribution in [0.1, 0.15) is 23.6 Å². The highest BCUT2D eigenvalue weighted by atomic mass is 14.8. The average molecular weight is 240 g/mol. The lowest BCUT2D eigenvalue weighted by atomic mass is 10.1. The van der Waals surface area contributed by atoms with Gasteiger partial charge in [-0.05, 0) is 35.2 Å². The summed E-state index contributed by atoms with van der Waals surface area (Å²) >= 11 is 0. The molecule has 18 heavy (non-hydrogen) atoms. The Bertz CT molecular complexity index is 471. The highest BCUT2D eigenvalue weighted by molar-refractivity contribution is 5.39. The summed E-state index contributed by atoms with van der Waals surface area (Å²) < 4.78 is 0. The Balaban J connectivity index is 1.82. The first kappa shape index (κ1) is 12.7. The smallest absolute Gasteiger partial charge is 0.0314 e. The molecule has 0 aromatic heterocycles. The first-order valence-electron chi connectivity index (χ1n) is 6.41. The summed E-state index contributed by atoms with van der Waals surface area (Å²) in [7, 11) is 0. The zero-order chi connectivity index (χ0) is 12.8. The summed E-state index contributed by atoms with van der Waals surface area (Å²) in [5, 5.41) is 3.43. The Morgan fingerprint density at radius 2 is 1.22 bits per heavy atom. The van der Waals surface area contributed by atoms with Gasteiger partial charge in [0, 0.05) is 18.8 Å². The van der Waals surface area contributed by atoms with Crippen LogP contribution in [0.3, 0.4) is 0 Å². The number of hydrogen-bond donors (Lipinski definition) is 2. The second-order valence-corrected chi connectivity index (χ2v) is 4.52. The molecular formula is C16H20N2. The number of nitrogens with two attached hydrogens (primary N) is 1. The van der Waals surface area contributed by atoms with Crippen LogP contribution < -0.4 is 11.1 Å². The largest absolute Gasteiger partial charge is 0.399 e. The van der Waals surface area contributed by atoms with E-state index in [0.29, 0.717) is 0 Å². The third kappa shape index (κ3) is 3.60. The standard InChI is InChI=1S/C16H20N2/c1-2-13-3-5-14(6-4-13)11-18-12-15-7-9-16(17)10-8-15/h3-10,18H,2,11-12,17H2,1H3. The summed E-state index contributed by atoms with van der Waals surface area (Å²) in [6, 6.07) is 16.8. The molecule has 0 saturated heterocycles. The lowest BCUT2D eigenvalue weighted by Gasteiger charge is -2.06. The first-order chi connectivity index (χ1) is 8.78. The predicted octanol–water partition coefficient (Wildman–Crippen LogP) is 3.12. The third-order valence-corrected chi connectivity index (χ3v) is 3.07. The number of nitrogens with one attached hydrogen (secondary N) is 1. The SMILES string of the molecule is CCc1ccc(CNCc2ccc(N)cc2)cc1. The fourth-order valence-electron chi connectivity index (χ4n) is 1.88. The average Bonchev–Trinajstić information content (AvgIpc) is 2.42. The van der Waals surface area contributed by atoms with Gasteiger partial charge in [0.1, 0.15) is 0 Å². The zero-order valence-electron chi connectivity index (χ0n) is 10.8. The van der Waals surface area contributed by atoms with Crippen molar-refractivity contribution in [3.8, 4) is 0 Å². The maximum absolute atomic E-state index is 5.65. The highest BCUT2D eigenvalue weighted by Gasteiger charge is 1.95. The molecule has 94 valence electrons. The topological polar surface area (TPSA) is 38.0 Å². The van der Waals surface area contributed by atoms with Crippen molar-refractivity contribution in [3.63, 3.8) is 0 Å². The second kappa shape index (κ2) is 6.22. The van der Waals surface area contributed by atoms with Crippen molar-refractivity contribution in [1.82, 2.24) is 5.32 Å². The molecule has 0 fully saturated rings. The molecule has 0 saturated carbocycles. The van der Waals surface area contributed by atoms with Gasteiger partial charge < -0.3 is 11.1 Å². The van der Waals surface area contributed by atoms with Gasteiger partial charge in [-0.25, -0.2) is 0 Å². The van der Waals surface area contributed by atoms with Crippen molar-refractivity contribution in [1.29, 1.82) is 0 Å². The normalized spacial score (nSPS) is 10.5. The molecule has 2 heteroatoms. The van der Waals surface area contributed by atoms with Gasteiger partial charge in [0.2, 0.25) is 0 Å². The van der Waals surface area contributed by atoms with Gasteiger partial charge in [0.25, 0.3) is 0 Å². The number of rotatable bonds is 5. The quantitative estimate of drug-likeness (QED) is 0.788. The molecule has 2 aromatic carbocycles. The Morgan fingerprint density at radius 1 is 0.778 bits per heavy atom. The van der Waals surface area contributed by atoms with Crippen LogP contribution in [0.5, 0.6) is 0 Å². The predicted molar refractivity (Wildman–Crippen MR) is 77.2 cm³/mol. The third-order valence-electron chi connectivity index (χ3n) is 3.07. The number of aryl methyl sites for hydroxylation is 1. The van der Waals surface area contributed by atoms with Crippen molar-refractivity contribution in [3.05, 3.63) is 65.2 Å². The van der Waals surface area contributed by atoms with Gasteiger partial charge in [-0.2, -0.15) is 0 Å². The molecule has 0 aliphatic rings. The minimum Gasteiger partial charge on any atom is -0.399 e. The van der Waals surface area contributed by atoms with Gasteiger partial charge in [0.15, 0.2) is 0 Å². The van der Waals surface area contributed by atoms with Gasteiger partial charge in [0.05, 0.1) is 0 Å². The zero-order valence-corrected chi connectivity index (χ0v) is 10.8. The molecule has 0 aliphatic carbocycles. The van der Waals surface area contributed by atoms with Crippen LogP contribution in [0.25, 0.3) is 0 Å². The van der Waals surface area contributed by atoms with E-state index in [1.54, 1.807) is 0 Å². The molecule has 2 aromatic rings. The Kier molecular flexibility index (Phi) is 4.37. The van der Waals surface area contributed by atoms with E-state index < -0.39 is 0 Å². The van der Waals surface area contributed by atoms with Gasteiger partial charge >= 0.3 is 0 Å². The van der Waals surface area contributed by atoms with Crippen molar-refractivity contribution < 1.29 is 0 Å². The van der Waals surface area contributed by atoms with Gasteiger partial charge in [-0.15, -0.1) is 0 Å².